The van der Waals surface area contributed by atoms with Gasteiger partial charge in [-0.05, 0) is 0 Å². The van der Waals surface area contributed by atoms with Crippen molar-refractivity contribution in [3.8, 4) is 0 Å². The van der Waals surface area contributed by atoms with Crippen LogP contribution in [0.5, 0.6) is 0 Å². The van der Waals surface area contributed by atoms with E-state index in [1.165, 1.54) is 0 Å². The van der Waals surface area contributed by atoms with Crippen LogP contribution in [0.15, 0.2) is 0 Å². The third kappa shape index (κ3) is 8.86. The average molecular weight is 308 g/mol. The summed E-state index contributed by atoms with van der Waals surface area (Å²) < 4.78 is 0. The molecule has 0 aromatic carbocycles. The normalized spacial score (nSPS) is 0. The molecule has 0 nitrogen and oxygen atoms in total. The van der Waals surface area contributed by atoms with Gasteiger partial charge < -0.3 is 0 Å². The maximum absolute atomic E-state index is 0. The molecule has 0 spiro atoms. The first-order valence-corrected chi connectivity index (χ1v) is 0. The van der Waals surface area contributed by atoms with Gasteiger partial charge in [-0.1, -0.05) is 0 Å². The van der Waals surface area contributed by atoms with E-state index in [0.717, 1.165) is 0 Å². The fourth-order valence-electron chi connectivity index (χ4n) is 0. The first-order valence-electron chi connectivity index (χ1n) is 0. The Morgan fingerprint density at radius 1 is 1.00 bits per heavy atom. The topological polar surface area (TPSA) is 0 Å². The molecule has 0 rings (SSSR count). The molecular weight excluding hydrogens is 308 g/mol. The van der Waals surface area contributed by atoms with Gasteiger partial charge in [0.25, 0.3) is 0 Å². The van der Waals surface area contributed by atoms with E-state index in [4.69, 9.17) is 0 Å². The van der Waals surface area contributed by atoms with Crippen LogP contribution in [0.25, 0.3) is 0 Å². The standard InChI is InChI=1S/Co.Li.Ni.W. The molecule has 0 aromatic rings. The predicted octanol–water partition coefficient (Wildman–Crippen LogP) is -0.388. The minimum Gasteiger partial charge on any atom is 0 e. The van der Waals surface area contributed by atoms with Crippen LogP contribution in [0.4, 0.5) is 0 Å². The molecule has 0 aromatic heterocycles. The minimum atomic E-state index is 0. The Labute approximate surface area is 72.4 Å². The van der Waals surface area contributed by atoms with E-state index in [0.29, 0.717) is 0 Å². The fraction of sp³-hybridized carbons (Fsp3) is 0. The van der Waals surface area contributed by atoms with Crippen LogP contribution in [-0.2, 0) is 54.3 Å². The average Bonchev–Trinajstić information content (AvgIpc) is 0. The van der Waals surface area contributed by atoms with E-state index >= 15 is 0 Å². The summed E-state index contributed by atoms with van der Waals surface area (Å²) in [7, 11) is 0. The first kappa shape index (κ1) is 33.6. The summed E-state index contributed by atoms with van der Waals surface area (Å²) in [6.07, 6.45) is 0. The second-order valence-electron chi connectivity index (χ2n) is 0. The molecule has 0 saturated heterocycles. The van der Waals surface area contributed by atoms with E-state index in [1.54, 1.807) is 0 Å². The Balaban J connectivity index is 0. The molecular formula is CoLiNiW. The van der Waals surface area contributed by atoms with Gasteiger partial charge in [0.1, 0.15) is 0 Å². The second-order valence-corrected chi connectivity index (χ2v) is 0. The van der Waals surface area contributed by atoms with Gasteiger partial charge in [0.2, 0.25) is 0 Å². The molecule has 0 heterocycles. The van der Waals surface area contributed by atoms with E-state index in [9.17, 15) is 0 Å². The van der Waals surface area contributed by atoms with Crippen LogP contribution >= 0.6 is 0 Å². The molecule has 26 valence electrons. The smallest absolute Gasteiger partial charge is 0 e. The van der Waals surface area contributed by atoms with Crippen LogP contribution in [0.1, 0.15) is 0 Å². The van der Waals surface area contributed by atoms with E-state index < -0.39 is 0 Å². The molecule has 0 fully saturated rings. The maximum atomic E-state index is 0. The molecule has 4 heavy (non-hydrogen) atoms. The molecule has 0 bridgehead atoms. The van der Waals surface area contributed by atoms with Crippen LogP contribution in [-0.4, -0.2) is 18.9 Å². The van der Waals surface area contributed by atoms with Gasteiger partial charge in [-0.25, -0.2) is 0 Å². The molecule has 2 radical (unpaired) electrons. The quantitative estimate of drug-likeness (QED) is 0.535. The van der Waals surface area contributed by atoms with Gasteiger partial charge in [-0.3, -0.25) is 0 Å². The summed E-state index contributed by atoms with van der Waals surface area (Å²) >= 11 is 0. The van der Waals surface area contributed by atoms with Crippen molar-refractivity contribution in [2.24, 2.45) is 0 Å². The maximum Gasteiger partial charge on any atom is 0 e. The zero-order chi connectivity index (χ0) is 0. The molecule has 0 atom stereocenters. The second kappa shape index (κ2) is 18.6. The van der Waals surface area contributed by atoms with Gasteiger partial charge in [0.15, 0.2) is 0 Å². The summed E-state index contributed by atoms with van der Waals surface area (Å²) in [6, 6.07) is 0. The minimum absolute atomic E-state index is 0. The molecule has 0 aliphatic rings. The zero-order valence-corrected chi connectivity index (χ0v) is 7.02. The van der Waals surface area contributed by atoms with Crippen LogP contribution in [0.2, 0.25) is 0 Å². The van der Waals surface area contributed by atoms with E-state index in [1.807, 2.05) is 0 Å². The Morgan fingerprint density at radius 2 is 1.00 bits per heavy atom. The van der Waals surface area contributed by atoms with Crippen LogP contribution < -0.4 is 0 Å². The van der Waals surface area contributed by atoms with Crippen molar-refractivity contribution in [2.75, 3.05) is 0 Å². The van der Waals surface area contributed by atoms with Gasteiger partial charge in [-0.15, -0.1) is 0 Å². The molecule has 0 aliphatic carbocycles. The monoisotopic (exact) mass is 308 g/mol. The van der Waals surface area contributed by atoms with Crippen molar-refractivity contribution < 1.29 is 54.3 Å². The van der Waals surface area contributed by atoms with Crippen LogP contribution in [0, 0.1) is 0 Å². The third-order valence-electron chi connectivity index (χ3n) is 0. The first-order chi connectivity index (χ1) is 0. The largest absolute Gasteiger partial charge is 0 e. The number of rotatable bonds is 0. The molecule has 0 amide bonds. The van der Waals surface area contributed by atoms with Crippen molar-refractivity contribution in [3.63, 3.8) is 0 Å². The molecule has 0 aliphatic heterocycles. The molecule has 0 unspecified atom stereocenters. The van der Waals surface area contributed by atoms with E-state index in [2.05, 4.69) is 0 Å². The van der Waals surface area contributed by atoms with E-state index in [-0.39, 0.29) is 73.2 Å². The van der Waals surface area contributed by atoms with Crippen molar-refractivity contribution in [3.05, 3.63) is 0 Å². The van der Waals surface area contributed by atoms with Crippen molar-refractivity contribution in [1.82, 2.24) is 0 Å². The fourth-order valence-corrected chi connectivity index (χ4v) is 0. The molecule has 0 saturated carbocycles. The van der Waals surface area contributed by atoms with Gasteiger partial charge in [0.05, 0.1) is 0 Å². The van der Waals surface area contributed by atoms with Gasteiger partial charge >= 0.3 is 0 Å². The predicted molar refractivity (Wildman–Crippen MR) is 5.75 cm³/mol. The Kier molecular flexibility index (Phi) is 156. The Hall–Kier alpha value is 2.29. The summed E-state index contributed by atoms with van der Waals surface area (Å²) in [5, 5.41) is 0. The van der Waals surface area contributed by atoms with Gasteiger partial charge in [0, 0.05) is 73.2 Å². The molecule has 0 N–H and O–H groups in total. The summed E-state index contributed by atoms with van der Waals surface area (Å²) in [5.41, 5.74) is 0. The van der Waals surface area contributed by atoms with Crippen LogP contribution in [0.3, 0.4) is 0 Å². The van der Waals surface area contributed by atoms with Crippen molar-refractivity contribution in [1.29, 1.82) is 0 Å². The number of hydrogen-bond acceptors (Lipinski definition) is 0. The number of hydrogen-bond donors (Lipinski definition) is 0. The molecule has 4 heteroatoms. The SMILES string of the molecule is [Co].[Li].[Ni].[W]. The summed E-state index contributed by atoms with van der Waals surface area (Å²) in [6.45, 7) is 0. The zero-order valence-electron chi connectivity index (χ0n) is 2.06. The summed E-state index contributed by atoms with van der Waals surface area (Å²) in [4.78, 5) is 0. The van der Waals surface area contributed by atoms with Crippen molar-refractivity contribution in [2.45, 2.75) is 0 Å². The van der Waals surface area contributed by atoms with Gasteiger partial charge in [-0.2, -0.15) is 0 Å². The summed E-state index contributed by atoms with van der Waals surface area (Å²) in [5.74, 6) is 0. The Morgan fingerprint density at radius 3 is 1.00 bits per heavy atom. The van der Waals surface area contributed by atoms with Crippen molar-refractivity contribution >= 4 is 18.9 Å². The Bertz CT molecular complexity index is 8.00. The third-order valence-corrected chi connectivity index (χ3v) is 0.